The molecule has 0 bridgehead atoms. The highest BCUT2D eigenvalue weighted by Crippen LogP contribution is 2.29. The molecule has 0 spiro atoms. The SMILES string of the molecule is CCC(Cc1cn(Cc2ccc(OCc3csc(-c4ccncc4)n3)cc2)cc1-c1ccccc1)C(=O)O. The average Bonchev–Trinajstić information content (AvgIpc) is 3.59. The van der Waals surface area contributed by atoms with Gasteiger partial charge in [-0.3, -0.25) is 9.78 Å². The summed E-state index contributed by atoms with van der Waals surface area (Å²) in [6.45, 7) is 3.02. The molecule has 1 unspecified atom stereocenters. The van der Waals surface area contributed by atoms with Gasteiger partial charge in [0, 0.05) is 47.8 Å². The van der Waals surface area contributed by atoms with Crippen LogP contribution in [0.5, 0.6) is 5.75 Å². The van der Waals surface area contributed by atoms with Crippen molar-refractivity contribution in [1.29, 1.82) is 0 Å². The van der Waals surface area contributed by atoms with E-state index in [0.29, 0.717) is 26.0 Å². The number of nitrogens with zero attached hydrogens (tertiary/aromatic N) is 3. The number of hydrogen-bond donors (Lipinski definition) is 1. The first-order valence-electron chi connectivity index (χ1n) is 12.6. The molecule has 3 aromatic heterocycles. The number of carboxylic acids is 1. The first-order chi connectivity index (χ1) is 18.6. The second-order valence-corrected chi connectivity index (χ2v) is 10.1. The molecule has 7 heteroatoms. The van der Waals surface area contributed by atoms with Gasteiger partial charge in [0.25, 0.3) is 0 Å². The Morgan fingerprint density at radius 1 is 1.00 bits per heavy atom. The maximum Gasteiger partial charge on any atom is 0.306 e. The minimum Gasteiger partial charge on any atom is -0.487 e. The van der Waals surface area contributed by atoms with E-state index in [1.165, 1.54) is 0 Å². The molecule has 3 heterocycles. The molecule has 1 atom stereocenters. The highest BCUT2D eigenvalue weighted by molar-refractivity contribution is 7.13. The van der Waals surface area contributed by atoms with E-state index in [4.69, 9.17) is 4.74 Å². The summed E-state index contributed by atoms with van der Waals surface area (Å²) in [6.07, 6.45) is 8.84. The molecular formula is C31H29N3O3S. The fraction of sp³-hybridized carbons (Fsp3) is 0.194. The molecule has 0 amide bonds. The van der Waals surface area contributed by atoms with E-state index in [1.54, 1.807) is 23.7 Å². The summed E-state index contributed by atoms with van der Waals surface area (Å²) in [5.41, 5.74) is 6.32. The Morgan fingerprint density at radius 3 is 2.47 bits per heavy atom. The summed E-state index contributed by atoms with van der Waals surface area (Å²) >= 11 is 1.60. The van der Waals surface area contributed by atoms with Crippen molar-refractivity contribution in [1.82, 2.24) is 14.5 Å². The van der Waals surface area contributed by atoms with E-state index in [1.807, 2.05) is 54.8 Å². The lowest BCUT2D eigenvalue weighted by Crippen LogP contribution is -2.15. The number of rotatable bonds is 11. The largest absolute Gasteiger partial charge is 0.487 e. The zero-order valence-corrected chi connectivity index (χ0v) is 22.0. The molecule has 0 radical (unpaired) electrons. The Labute approximate surface area is 226 Å². The van der Waals surface area contributed by atoms with Crippen LogP contribution in [-0.2, 0) is 24.4 Å². The Hall–Kier alpha value is -4.23. The van der Waals surface area contributed by atoms with Gasteiger partial charge in [0.15, 0.2) is 0 Å². The Balaban J connectivity index is 1.26. The van der Waals surface area contributed by atoms with E-state index in [2.05, 4.69) is 51.2 Å². The van der Waals surface area contributed by atoms with Crippen molar-refractivity contribution in [2.75, 3.05) is 0 Å². The molecule has 0 aliphatic rings. The third kappa shape index (κ3) is 6.18. The predicted octanol–water partition coefficient (Wildman–Crippen LogP) is 6.95. The van der Waals surface area contributed by atoms with Crippen LogP contribution in [0.1, 0.15) is 30.2 Å². The minimum atomic E-state index is -0.749. The van der Waals surface area contributed by atoms with Crippen LogP contribution < -0.4 is 4.74 Å². The molecule has 5 rings (SSSR count). The molecule has 2 aromatic carbocycles. The minimum absolute atomic E-state index is 0.400. The number of thiazole rings is 1. The molecule has 0 saturated carbocycles. The van der Waals surface area contributed by atoms with Gasteiger partial charge in [0.05, 0.1) is 11.6 Å². The fourth-order valence-electron chi connectivity index (χ4n) is 4.42. The molecule has 0 saturated heterocycles. The van der Waals surface area contributed by atoms with Crippen molar-refractivity contribution < 1.29 is 14.6 Å². The van der Waals surface area contributed by atoms with Gasteiger partial charge in [-0.05, 0) is 53.8 Å². The van der Waals surface area contributed by atoms with Crippen LogP contribution >= 0.6 is 11.3 Å². The van der Waals surface area contributed by atoms with Gasteiger partial charge in [-0.15, -0.1) is 11.3 Å². The van der Waals surface area contributed by atoms with E-state index in [0.717, 1.165) is 44.3 Å². The van der Waals surface area contributed by atoms with Crippen LogP contribution in [-0.4, -0.2) is 25.6 Å². The molecule has 192 valence electrons. The predicted molar refractivity (Wildman–Crippen MR) is 150 cm³/mol. The zero-order valence-electron chi connectivity index (χ0n) is 21.2. The monoisotopic (exact) mass is 523 g/mol. The second kappa shape index (κ2) is 11.9. The molecule has 38 heavy (non-hydrogen) atoms. The zero-order chi connectivity index (χ0) is 26.3. The number of carboxylic acid groups (broad SMARTS) is 1. The van der Waals surface area contributed by atoms with Crippen molar-refractivity contribution in [3.8, 4) is 27.4 Å². The second-order valence-electron chi connectivity index (χ2n) is 9.20. The summed E-state index contributed by atoms with van der Waals surface area (Å²) in [4.78, 5) is 20.4. The molecule has 0 aliphatic carbocycles. The maximum atomic E-state index is 11.7. The number of aliphatic carboxylic acids is 1. The lowest BCUT2D eigenvalue weighted by atomic mass is 9.94. The molecule has 5 aromatic rings. The van der Waals surface area contributed by atoms with Crippen LogP contribution in [0.25, 0.3) is 21.7 Å². The van der Waals surface area contributed by atoms with Crippen LogP contribution in [0.2, 0.25) is 0 Å². The molecule has 1 N–H and O–H groups in total. The van der Waals surface area contributed by atoms with Crippen molar-refractivity contribution >= 4 is 17.3 Å². The summed E-state index contributed by atoms with van der Waals surface area (Å²) in [7, 11) is 0. The van der Waals surface area contributed by atoms with Crippen molar-refractivity contribution in [2.45, 2.75) is 32.9 Å². The van der Waals surface area contributed by atoms with Gasteiger partial charge in [0.2, 0.25) is 0 Å². The highest BCUT2D eigenvalue weighted by atomic mass is 32.1. The van der Waals surface area contributed by atoms with Crippen LogP contribution in [0.3, 0.4) is 0 Å². The molecular weight excluding hydrogens is 494 g/mol. The number of benzene rings is 2. The molecule has 0 aliphatic heterocycles. The standard InChI is InChI=1S/C31H29N3O3S/c1-2-23(31(35)36)16-26-18-34(19-29(26)24-6-4-3-5-7-24)17-22-8-10-28(11-9-22)37-20-27-21-38-30(33-27)25-12-14-32-15-13-25/h3-15,18-19,21,23H,2,16-17,20H2,1H3,(H,35,36). The van der Waals surface area contributed by atoms with Crippen LogP contribution in [0.15, 0.2) is 96.9 Å². The Bertz CT molecular complexity index is 1480. The van der Waals surface area contributed by atoms with E-state index in [-0.39, 0.29) is 0 Å². The third-order valence-electron chi connectivity index (χ3n) is 6.51. The first kappa shape index (κ1) is 25.4. The van der Waals surface area contributed by atoms with Gasteiger partial charge >= 0.3 is 5.97 Å². The summed E-state index contributed by atoms with van der Waals surface area (Å²) in [6, 6.07) is 22.1. The van der Waals surface area contributed by atoms with Gasteiger partial charge in [-0.1, -0.05) is 49.4 Å². The smallest absolute Gasteiger partial charge is 0.306 e. The Kier molecular flexibility index (Phi) is 7.95. The summed E-state index contributed by atoms with van der Waals surface area (Å²) in [5, 5.41) is 12.6. The average molecular weight is 524 g/mol. The van der Waals surface area contributed by atoms with Crippen LogP contribution in [0.4, 0.5) is 0 Å². The van der Waals surface area contributed by atoms with Crippen molar-refractivity contribution in [3.05, 3.63) is 114 Å². The molecule has 0 fully saturated rings. The number of aromatic nitrogens is 3. The highest BCUT2D eigenvalue weighted by Gasteiger charge is 2.19. The summed E-state index contributed by atoms with van der Waals surface area (Å²) < 4.78 is 8.11. The quantitative estimate of drug-likeness (QED) is 0.203. The van der Waals surface area contributed by atoms with Gasteiger partial charge in [-0.2, -0.15) is 0 Å². The van der Waals surface area contributed by atoms with Crippen molar-refractivity contribution in [2.24, 2.45) is 5.92 Å². The topological polar surface area (TPSA) is 77.2 Å². The van der Waals surface area contributed by atoms with E-state index >= 15 is 0 Å². The third-order valence-corrected chi connectivity index (χ3v) is 7.45. The van der Waals surface area contributed by atoms with E-state index in [9.17, 15) is 9.90 Å². The maximum absolute atomic E-state index is 11.7. The van der Waals surface area contributed by atoms with Gasteiger partial charge < -0.3 is 14.4 Å². The van der Waals surface area contributed by atoms with E-state index < -0.39 is 11.9 Å². The fourth-order valence-corrected chi connectivity index (χ4v) is 5.23. The number of carbonyl (C=O) groups is 1. The normalized spacial score (nSPS) is 11.8. The number of ether oxygens (including phenoxy) is 1. The number of hydrogen-bond acceptors (Lipinski definition) is 5. The Morgan fingerprint density at radius 2 is 1.76 bits per heavy atom. The lowest BCUT2D eigenvalue weighted by Gasteiger charge is -2.10. The van der Waals surface area contributed by atoms with Crippen LogP contribution in [0, 0.1) is 5.92 Å². The first-order valence-corrected chi connectivity index (χ1v) is 13.5. The van der Waals surface area contributed by atoms with Gasteiger partial charge in [0.1, 0.15) is 17.4 Å². The van der Waals surface area contributed by atoms with Gasteiger partial charge in [-0.25, -0.2) is 4.98 Å². The number of pyridine rings is 1. The summed E-state index contributed by atoms with van der Waals surface area (Å²) in [5.74, 6) is -0.359. The lowest BCUT2D eigenvalue weighted by molar-refractivity contribution is -0.141. The molecule has 6 nitrogen and oxygen atoms in total. The van der Waals surface area contributed by atoms with Crippen molar-refractivity contribution in [3.63, 3.8) is 0 Å².